The first-order chi connectivity index (χ1) is 12.6. The third kappa shape index (κ3) is 3.42. The second-order valence-corrected chi connectivity index (χ2v) is 7.78. The van der Waals surface area contributed by atoms with Gasteiger partial charge in [-0.25, -0.2) is 9.97 Å². The molecular formula is C17H22N6O2S. The Morgan fingerprint density at radius 3 is 3.19 bits per heavy atom. The number of aromatic amines is 1. The standard InChI is InChI=1S/C17H22N6O2S/c1-10(13-6-11(24)7-19-13)22-17(25)14-8-23(4-5-26-14)16-12-2-3-18-15(12)20-9-21-16/h2-3,8-11,13,19,24H,4-7H2,1H3,(H,22,25)(H,18,20,21)/t10?,11-,13+/m0/s1. The number of carbonyl (C=O) groups is 1. The maximum atomic E-state index is 12.7. The minimum atomic E-state index is -0.334. The van der Waals surface area contributed by atoms with Crippen LogP contribution in [0.25, 0.3) is 11.0 Å². The van der Waals surface area contributed by atoms with Gasteiger partial charge in [0.2, 0.25) is 0 Å². The maximum absolute atomic E-state index is 12.7. The van der Waals surface area contributed by atoms with Crippen LogP contribution in [0.5, 0.6) is 0 Å². The minimum absolute atomic E-state index is 0.0491. The number of rotatable bonds is 4. The molecule has 0 bridgehead atoms. The number of aliphatic hydroxyl groups is 1. The van der Waals surface area contributed by atoms with Gasteiger partial charge in [0.05, 0.1) is 16.4 Å². The summed E-state index contributed by atoms with van der Waals surface area (Å²) in [5, 5.41) is 16.9. The first kappa shape index (κ1) is 17.3. The third-order valence-electron chi connectivity index (χ3n) is 4.80. The van der Waals surface area contributed by atoms with Crippen molar-refractivity contribution in [2.75, 3.05) is 23.7 Å². The van der Waals surface area contributed by atoms with Crippen LogP contribution in [-0.4, -0.2) is 63.0 Å². The highest BCUT2D eigenvalue weighted by Crippen LogP contribution is 2.29. The monoisotopic (exact) mass is 374 g/mol. The Bertz CT molecular complexity index is 838. The van der Waals surface area contributed by atoms with E-state index in [-0.39, 0.29) is 24.1 Å². The smallest absolute Gasteiger partial charge is 0.259 e. The van der Waals surface area contributed by atoms with Crippen LogP contribution in [0.15, 0.2) is 29.7 Å². The number of aromatic nitrogens is 3. The van der Waals surface area contributed by atoms with Crippen LogP contribution in [0, 0.1) is 0 Å². The summed E-state index contributed by atoms with van der Waals surface area (Å²) in [5.74, 6) is 1.52. The van der Waals surface area contributed by atoms with E-state index in [4.69, 9.17) is 0 Å². The van der Waals surface area contributed by atoms with Gasteiger partial charge in [-0.2, -0.15) is 0 Å². The quantitative estimate of drug-likeness (QED) is 0.620. The fraction of sp³-hybridized carbons (Fsp3) is 0.471. The van der Waals surface area contributed by atoms with Crippen LogP contribution in [0.3, 0.4) is 0 Å². The normalized spacial score (nSPS) is 24.5. The number of β-amino-alcohol motifs (C(OH)–C–C–N with tert-alkyl or cyclic N) is 1. The number of thioether (sulfide) groups is 1. The molecule has 3 atom stereocenters. The number of amides is 1. The number of aliphatic hydroxyl groups excluding tert-OH is 1. The van der Waals surface area contributed by atoms with E-state index in [0.717, 1.165) is 29.1 Å². The van der Waals surface area contributed by atoms with Gasteiger partial charge >= 0.3 is 0 Å². The van der Waals surface area contributed by atoms with Crippen molar-refractivity contribution in [1.82, 2.24) is 25.6 Å². The molecule has 9 heteroatoms. The van der Waals surface area contributed by atoms with Gasteiger partial charge in [-0.3, -0.25) is 4.79 Å². The molecule has 0 saturated carbocycles. The van der Waals surface area contributed by atoms with Gasteiger partial charge < -0.3 is 25.6 Å². The lowest BCUT2D eigenvalue weighted by Crippen LogP contribution is -2.46. The van der Waals surface area contributed by atoms with E-state index in [1.807, 2.05) is 30.3 Å². The van der Waals surface area contributed by atoms with E-state index in [1.54, 1.807) is 11.8 Å². The van der Waals surface area contributed by atoms with Crippen LogP contribution in [0.2, 0.25) is 0 Å². The Morgan fingerprint density at radius 1 is 1.50 bits per heavy atom. The average Bonchev–Trinajstić information content (AvgIpc) is 3.30. The SMILES string of the molecule is CC(NC(=O)C1=CN(c2ncnc3[nH]ccc23)CCS1)[C@H]1C[C@H](O)CN1. The highest BCUT2D eigenvalue weighted by Gasteiger charge is 2.29. The number of anilines is 1. The number of hydrogen-bond donors (Lipinski definition) is 4. The number of fused-ring (bicyclic) bond motifs is 1. The van der Waals surface area contributed by atoms with Crippen LogP contribution < -0.4 is 15.5 Å². The van der Waals surface area contributed by atoms with Gasteiger partial charge in [0.25, 0.3) is 5.91 Å². The van der Waals surface area contributed by atoms with Crippen molar-refractivity contribution >= 4 is 34.5 Å². The van der Waals surface area contributed by atoms with Crippen LogP contribution in [-0.2, 0) is 4.79 Å². The number of nitrogens with zero attached hydrogens (tertiary/aromatic N) is 3. The Hall–Kier alpha value is -2.10. The van der Waals surface area contributed by atoms with Gasteiger partial charge in [-0.05, 0) is 19.4 Å². The van der Waals surface area contributed by atoms with E-state index in [9.17, 15) is 9.90 Å². The van der Waals surface area contributed by atoms with Crippen molar-refractivity contribution in [3.63, 3.8) is 0 Å². The largest absolute Gasteiger partial charge is 0.392 e. The van der Waals surface area contributed by atoms with Crippen molar-refractivity contribution in [3.8, 4) is 0 Å². The molecule has 0 radical (unpaired) electrons. The zero-order valence-electron chi connectivity index (χ0n) is 14.5. The molecule has 2 aromatic heterocycles. The summed E-state index contributed by atoms with van der Waals surface area (Å²) in [5.41, 5.74) is 0.784. The Morgan fingerprint density at radius 2 is 2.38 bits per heavy atom. The second kappa shape index (κ2) is 7.26. The van der Waals surface area contributed by atoms with E-state index in [0.29, 0.717) is 17.9 Å². The fourth-order valence-electron chi connectivity index (χ4n) is 3.38. The molecule has 26 heavy (non-hydrogen) atoms. The molecule has 1 saturated heterocycles. The van der Waals surface area contributed by atoms with Crippen molar-refractivity contribution in [1.29, 1.82) is 0 Å². The predicted molar refractivity (Wildman–Crippen MR) is 102 cm³/mol. The fourth-order valence-corrected chi connectivity index (χ4v) is 4.28. The molecular weight excluding hydrogens is 352 g/mol. The zero-order valence-corrected chi connectivity index (χ0v) is 15.3. The van der Waals surface area contributed by atoms with Crippen molar-refractivity contribution in [3.05, 3.63) is 29.7 Å². The van der Waals surface area contributed by atoms with Gasteiger partial charge in [0.15, 0.2) is 0 Å². The highest BCUT2D eigenvalue weighted by atomic mass is 32.2. The molecule has 0 aromatic carbocycles. The second-order valence-electron chi connectivity index (χ2n) is 6.64. The molecule has 1 unspecified atom stereocenters. The lowest BCUT2D eigenvalue weighted by atomic mass is 10.1. The van der Waals surface area contributed by atoms with Gasteiger partial charge in [-0.15, -0.1) is 11.8 Å². The zero-order chi connectivity index (χ0) is 18.1. The molecule has 4 N–H and O–H groups in total. The number of nitrogens with one attached hydrogen (secondary N) is 3. The number of H-pyrrole nitrogens is 1. The van der Waals surface area contributed by atoms with Gasteiger partial charge in [0, 0.05) is 43.3 Å². The van der Waals surface area contributed by atoms with Crippen molar-refractivity contribution in [2.45, 2.75) is 31.5 Å². The summed E-state index contributed by atoms with van der Waals surface area (Å²) in [4.78, 5) is 27.1. The Kier molecular flexibility index (Phi) is 4.84. The lowest BCUT2D eigenvalue weighted by molar-refractivity contribution is -0.117. The molecule has 0 aliphatic carbocycles. The summed E-state index contributed by atoms with van der Waals surface area (Å²) in [6, 6.07) is 1.99. The minimum Gasteiger partial charge on any atom is -0.392 e. The highest BCUT2D eigenvalue weighted by molar-refractivity contribution is 8.04. The summed E-state index contributed by atoms with van der Waals surface area (Å²) < 4.78 is 0. The molecule has 2 aliphatic rings. The summed E-state index contributed by atoms with van der Waals surface area (Å²) in [6.07, 6.45) is 5.56. The van der Waals surface area contributed by atoms with Gasteiger partial charge in [0.1, 0.15) is 17.8 Å². The molecule has 138 valence electrons. The molecule has 4 rings (SSSR count). The van der Waals surface area contributed by atoms with Crippen molar-refractivity contribution in [2.24, 2.45) is 0 Å². The number of hydrogen-bond acceptors (Lipinski definition) is 7. The summed E-state index contributed by atoms with van der Waals surface area (Å²) in [6.45, 7) is 3.33. The lowest BCUT2D eigenvalue weighted by Gasteiger charge is -2.27. The van der Waals surface area contributed by atoms with Crippen LogP contribution in [0.1, 0.15) is 13.3 Å². The topological polar surface area (TPSA) is 106 Å². The van der Waals surface area contributed by atoms with E-state index >= 15 is 0 Å². The van der Waals surface area contributed by atoms with Gasteiger partial charge in [-0.1, -0.05) is 0 Å². The first-order valence-corrected chi connectivity index (χ1v) is 9.72. The Labute approximate surface area is 155 Å². The first-order valence-electron chi connectivity index (χ1n) is 8.73. The van der Waals surface area contributed by atoms with Crippen LogP contribution >= 0.6 is 11.8 Å². The van der Waals surface area contributed by atoms with E-state index in [1.165, 1.54) is 6.33 Å². The molecule has 2 aliphatic heterocycles. The molecule has 4 heterocycles. The summed E-state index contributed by atoms with van der Waals surface area (Å²) in [7, 11) is 0. The average molecular weight is 374 g/mol. The summed E-state index contributed by atoms with van der Waals surface area (Å²) >= 11 is 1.55. The third-order valence-corrected chi connectivity index (χ3v) is 5.78. The molecule has 8 nitrogen and oxygen atoms in total. The van der Waals surface area contributed by atoms with Crippen LogP contribution in [0.4, 0.5) is 5.82 Å². The molecule has 2 aromatic rings. The van der Waals surface area contributed by atoms with Crippen molar-refractivity contribution < 1.29 is 9.90 Å². The maximum Gasteiger partial charge on any atom is 0.259 e. The van der Waals surface area contributed by atoms with E-state index in [2.05, 4.69) is 25.6 Å². The number of carbonyl (C=O) groups excluding carboxylic acids is 1. The molecule has 1 fully saturated rings. The predicted octanol–water partition coefficient (Wildman–Crippen LogP) is 0.580. The molecule has 0 spiro atoms. The van der Waals surface area contributed by atoms with E-state index < -0.39 is 0 Å². The Balaban J connectivity index is 1.49. The molecule has 1 amide bonds.